The Bertz CT molecular complexity index is 751. The number of carbonyl (C=O) groups is 1. The Labute approximate surface area is 160 Å². The number of amides is 1. The molecule has 0 radical (unpaired) electrons. The fraction of sp³-hybridized carbons (Fsp3) is 0.409. The molecule has 0 saturated carbocycles. The van der Waals surface area contributed by atoms with Crippen molar-refractivity contribution in [3.05, 3.63) is 58.6 Å². The zero-order valence-corrected chi connectivity index (χ0v) is 16.3. The number of benzene rings is 2. The van der Waals surface area contributed by atoms with Crippen LogP contribution < -0.4 is 0 Å². The van der Waals surface area contributed by atoms with Gasteiger partial charge in [-0.25, -0.2) is 0 Å². The Morgan fingerprint density at radius 1 is 1.19 bits per heavy atom. The fourth-order valence-electron chi connectivity index (χ4n) is 3.41. The van der Waals surface area contributed by atoms with E-state index in [1.54, 1.807) is 4.90 Å². The highest BCUT2D eigenvalue weighted by atomic mass is 35.5. The molecule has 1 atom stereocenters. The molecule has 3 nitrogen and oxygen atoms in total. The molecule has 2 aromatic rings. The molecule has 2 aromatic carbocycles. The second-order valence-corrected chi connectivity index (χ2v) is 7.40. The highest BCUT2D eigenvalue weighted by Gasteiger charge is 2.17. The van der Waals surface area contributed by atoms with E-state index in [1.165, 1.54) is 6.42 Å². The van der Waals surface area contributed by atoms with Gasteiger partial charge in [-0.1, -0.05) is 35.9 Å². The third kappa shape index (κ3) is 4.46. The van der Waals surface area contributed by atoms with Crippen molar-refractivity contribution in [2.75, 3.05) is 20.2 Å². The summed E-state index contributed by atoms with van der Waals surface area (Å²) in [5.41, 5.74) is 3.93. The van der Waals surface area contributed by atoms with E-state index < -0.39 is 0 Å². The Balaban J connectivity index is 1.63. The largest absolute Gasteiger partial charge is 0.378 e. The molecule has 26 heavy (non-hydrogen) atoms. The van der Waals surface area contributed by atoms with E-state index in [4.69, 9.17) is 16.3 Å². The molecule has 1 aliphatic heterocycles. The number of hydrogen-bond donors (Lipinski definition) is 0. The van der Waals surface area contributed by atoms with Crippen LogP contribution in [0.2, 0.25) is 5.02 Å². The predicted molar refractivity (Wildman–Crippen MR) is 107 cm³/mol. The van der Waals surface area contributed by atoms with Crippen molar-refractivity contribution in [3.8, 4) is 11.1 Å². The van der Waals surface area contributed by atoms with Crippen LogP contribution in [0.15, 0.2) is 42.5 Å². The molecule has 0 aromatic heterocycles. The Morgan fingerprint density at radius 3 is 2.65 bits per heavy atom. The molecule has 138 valence electrons. The minimum atomic E-state index is 0.0511. The molecule has 3 rings (SSSR count). The van der Waals surface area contributed by atoms with Crippen molar-refractivity contribution in [2.24, 2.45) is 0 Å². The number of ether oxygens (including phenoxy) is 1. The van der Waals surface area contributed by atoms with Gasteiger partial charge in [0.25, 0.3) is 5.91 Å². The zero-order chi connectivity index (χ0) is 18.5. The number of hydrogen-bond acceptors (Lipinski definition) is 2. The smallest absolute Gasteiger partial charge is 0.253 e. The van der Waals surface area contributed by atoms with Gasteiger partial charge in [-0.2, -0.15) is 0 Å². The van der Waals surface area contributed by atoms with Crippen LogP contribution in [-0.2, 0) is 4.74 Å². The molecule has 1 amide bonds. The third-order valence-electron chi connectivity index (χ3n) is 5.12. The van der Waals surface area contributed by atoms with Crippen molar-refractivity contribution in [1.29, 1.82) is 0 Å². The number of carbonyl (C=O) groups excluding carboxylic acids is 1. The maximum atomic E-state index is 12.7. The van der Waals surface area contributed by atoms with E-state index in [1.807, 2.05) is 56.4 Å². The fourth-order valence-corrected chi connectivity index (χ4v) is 3.58. The van der Waals surface area contributed by atoms with E-state index >= 15 is 0 Å². The van der Waals surface area contributed by atoms with Crippen LogP contribution in [-0.4, -0.2) is 37.1 Å². The standard InChI is InChI=1S/C22H26ClNO2/c1-16-20(7-5-8-21(16)23)17-9-11-18(12-10-17)22(25)24(2)14-13-19-6-3-4-15-26-19/h5,7-12,19H,3-4,6,13-15H2,1-2H3/t19-/m1/s1. The van der Waals surface area contributed by atoms with E-state index in [9.17, 15) is 4.79 Å². The lowest BCUT2D eigenvalue weighted by molar-refractivity contribution is 0.00709. The summed E-state index contributed by atoms with van der Waals surface area (Å²) in [5.74, 6) is 0.0511. The van der Waals surface area contributed by atoms with Gasteiger partial charge >= 0.3 is 0 Å². The summed E-state index contributed by atoms with van der Waals surface area (Å²) in [5, 5.41) is 0.757. The maximum Gasteiger partial charge on any atom is 0.253 e. The van der Waals surface area contributed by atoms with Crippen molar-refractivity contribution < 1.29 is 9.53 Å². The molecular formula is C22H26ClNO2. The van der Waals surface area contributed by atoms with Gasteiger partial charge in [0.2, 0.25) is 0 Å². The maximum absolute atomic E-state index is 12.7. The quantitative estimate of drug-likeness (QED) is 0.709. The molecule has 4 heteroatoms. The van der Waals surface area contributed by atoms with Crippen molar-refractivity contribution in [2.45, 2.75) is 38.7 Å². The first-order valence-corrected chi connectivity index (χ1v) is 9.66. The molecule has 0 unspecified atom stereocenters. The molecule has 1 heterocycles. The minimum Gasteiger partial charge on any atom is -0.378 e. The van der Waals surface area contributed by atoms with Crippen LogP contribution >= 0.6 is 11.6 Å². The Morgan fingerprint density at radius 2 is 1.96 bits per heavy atom. The van der Waals surface area contributed by atoms with Gasteiger partial charge in [0.1, 0.15) is 0 Å². The van der Waals surface area contributed by atoms with Crippen LogP contribution in [0.4, 0.5) is 0 Å². The first-order chi connectivity index (χ1) is 12.6. The number of halogens is 1. The van der Waals surface area contributed by atoms with Crippen LogP contribution in [0.25, 0.3) is 11.1 Å². The van der Waals surface area contributed by atoms with Crippen LogP contribution in [0.1, 0.15) is 41.6 Å². The van der Waals surface area contributed by atoms with Crippen molar-refractivity contribution >= 4 is 17.5 Å². The molecule has 0 spiro atoms. The van der Waals surface area contributed by atoms with Crippen molar-refractivity contribution in [1.82, 2.24) is 4.90 Å². The summed E-state index contributed by atoms with van der Waals surface area (Å²) in [6.07, 6.45) is 4.70. The van der Waals surface area contributed by atoms with Gasteiger partial charge in [0, 0.05) is 30.8 Å². The topological polar surface area (TPSA) is 29.5 Å². The van der Waals surface area contributed by atoms with E-state index in [2.05, 4.69) is 0 Å². The van der Waals surface area contributed by atoms with Crippen LogP contribution in [0.5, 0.6) is 0 Å². The summed E-state index contributed by atoms with van der Waals surface area (Å²) in [6, 6.07) is 13.7. The van der Waals surface area contributed by atoms with E-state index in [0.717, 1.165) is 54.1 Å². The van der Waals surface area contributed by atoms with Gasteiger partial charge in [0.05, 0.1) is 6.10 Å². The summed E-state index contributed by atoms with van der Waals surface area (Å²) >= 11 is 6.21. The molecule has 0 bridgehead atoms. The second kappa shape index (κ2) is 8.70. The normalized spacial score (nSPS) is 17.1. The summed E-state index contributed by atoms with van der Waals surface area (Å²) in [4.78, 5) is 14.4. The molecule has 0 N–H and O–H groups in total. The van der Waals surface area contributed by atoms with Gasteiger partial charge in [-0.15, -0.1) is 0 Å². The SMILES string of the molecule is Cc1c(Cl)cccc1-c1ccc(C(=O)N(C)CC[C@H]2CCCCO2)cc1. The Kier molecular flexibility index (Phi) is 6.33. The zero-order valence-electron chi connectivity index (χ0n) is 15.5. The van der Waals surface area contributed by atoms with Crippen LogP contribution in [0.3, 0.4) is 0 Å². The lowest BCUT2D eigenvalue weighted by Crippen LogP contribution is -2.31. The highest BCUT2D eigenvalue weighted by molar-refractivity contribution is 6.31. The average Bonchev–Trinajstić information content (AvgIpc) is 2.68. The predicted octanol–water partition coefficient (Wildman–Crippen LogP) is 5.35. The van der Waals surface area contributed by atoms with E-state index in [0.29, 0.717) is 11.7 Å². The second-order valence-electron chi connectivity index (χ2n) is 6.99. The van der Waals surface area contributed by atoms with Crippen LogP contribution in [0, 0.1) is 6.92 Å². The first kappa shape index (κ1) is 18.9. The van der Waals surface area contributed by atoms with Gasteiger partial charge in [0.15, 0.2) is 0 Å². The molecule has 1 aliphatic rings. The molecular weight excluding hydrogens is 346 g/mol. The molecule has 0 aliphatic carbocycles. The minimum absolute atomic E-state index is 0.0511. The third-order valence-corrected chi connectivity index (χ3v) is 5.53. The molecule has 1 fully saturated rings. The van der Waals surface area contributed by atoms with Crippen molar-refractivity contribution in [3.63, 3.8) is 0 Å². The highest BCUT2D eigenvalue weighted by Crippen LogP contribution is 2.28. The van der Waals surface area contributed by atoms with Gasteiger partial charge < -0.3 is 9.64 Å². The Hall–Kier alpha value is -1.84. The monoisotopic (exact) mass is 371 g/mol. The summed E-state index contributed by atoms with van der Waals surface area (Å²) < 4.78 is 5.75. The first-order valence-electron chi connectivity index (χ1n) is 9.29. The number of rotatable bonds is 5. The summed E-state index contributed by atoms with van der Waals surface area (Å²) in [7, 11) is 1.86. The lowest BCUT2D eigenvalue weighted by atomic mass is 9.99. The number of nitrogens with zero attached hydrogens (tertiary/aromatic N) is 1. The lowest BCUT2D eigenvalue weighted by Gasteiger charge is -2.25. The van der Waals surface area contributed by atoms with E-state index in [-0.39, 0.29) is 5.91 Å². The van der Waals surface area contributed by atoms with Gasteiger partial charge in [-0.05, 0) is 67.5 Å². The molecule has 1 saturated heterocycles. The van der Waals surface area contributed by atoms with Gasteiger partial charge in [-0.3, -0.25) is 4.79 Å². The summed E-state index contributed by atoms with van der Waals surface area (Å²) in [6.45, 7) is 3.59. The average molecular weight is 372 g/mol.